The smallest absolute Gasteiger partial charge is 0.107 e. The second-order valence-corrected chi connectivity index (χ2v) is 6.49. The topological polar surface area (TPSA) is 47.9 Å². The minimum atomic E-state index is -0.312. The summed E-state index contributed by atoms with van der Waals surface area (Å²) in [7, 11) is 0. The van der Waals surface area contributed by atoms with E-state index in [2.05, 4.69) is 30.8 Å². The van der Waals surface area contributed by atoms with Gasteiger partial charge in [-0.2, -0.15) is 4.89 Å². The van der Waals surface area contributed by atoms with Crippen LogP contribution >= 0.6 is 0 Å². The number of unbranched alkanes of at least 4 members (excludes halogenated alkanes) is 8. The van der Waals surface area contributed by atoms with Crippen molar-refractivity contribution in [1.82, 2.24) is 0 Å². The Morgan fingerprint density at radius 1 is 0.636 bits per heavy atom. The molecule has 22 heavy (non-hydrogen) atoms. The molecular weight excluding hydrogens is 280 g/mol. The van der Waals surface area contributed by atoms with Crippen LogP contribution in [0.25, 0.3) is 0 Å². The molecule has 0 radical (unpaired) electrons. The molecule has 0 aliphatic carbocycles. The minimum absolute atomic E-state index is 0.312. The third kappa shape index (κ3) is 11.4. The Morgan fingerprint density at radius 2 is 1.14 bits per heavy atom. The highest BCUT2D eigenvalue weighted by Gasteiger charge is 2.31. The van der Waals surface area contributed by atoms with E-state index in [4.69, 9.17) is 10.1 Å². The summed E-state index contributed by atoms with van der Waals surface area (Å²) < 4.78 is 0. The monoisotopic (exact) mass is 318 g/mol. The number of hydrogen-bond acceptors (Lipinski definition) is 4. The van der Waals surface area contributed by atoms with Gasteiger partial charge >= 0.3 is 0 Å². The lowest BCUT2D eigenvalue weighted by atomic mass is 9.87. The molecule has 0 heterocycles. The average Bonchev–Trinajstić information content (AvgIpc) is 2.52. The second kappa shape index (κ2) is 15.7. The summed E-state index contributed by atoms with van der Waals surface area (Å²) in [4.78, 5) is 5.36. The largest absolute Gasteiger partial charge is 0.219 e. The van der Waals surface area contributed by atoms with Crippen molar-refractivity contribution >= 4 is 0 Å². The average molecular weight is 318 g/mol. The second-order valence-electron chi connectivity index (χ2n) is 6.49. The van der Waals surface area contributed by atoms with E-state index in [0.29, 0.717) is 0 Å². The molecule has 0 spiro atoms. The van der Waals surface area contributed by atoms with E-state index in [1.165, 1.54) is 51.4 Å². The minimum Gasteiger partial charge on any atom is -0.219 e. The van der Waals surface area contributed by atoms with Crippen molar-refractivity contribution in [1.29, 1.82) is 0 Å². The highest BCUT2D eigenvalue weighted by molar-refractivity contribution is 4.78. The predicted octanol–water partition coefficient (Wildman–Crippen LogP) is 6.60. The summed E-state index contributed by atoms with van der Waals surface area (Å²) in [6.45, 7) is 6.54. The number of rotatable bonds is 17. The molecule has 0 aromatic heterocycles. The van der Waals surface area contributed by atoms with Crippen LogP contribution < -0.4 is 0 Å². The van der Waals surface area contributed by atoms with Gasteiger partial charge in [0.15, 0.2) is 0 Å². The molecule has 4 heteroatoms. The summed E-state index contributed by atoms with van der Waals surface area (Å²) in [5, 5.41) is 16.4. The molecule has 0 aromatic rings. The lowest BCUT2D eigenvalue weighted by Crippen LogP contribution is -2.32. The zero-order valence-electron chi connectivity index (χ0n) is 15.1. The molecule has 0 aliphatic rings. The molecule has 0 saturated heterocycles. The summed E-state index contributed by atoms with van der Waals surface area (Å²) in [5.41, 5.74) is -0.312. The Balaban J connectivity index is 3.86. The lowest BCUT2D eigenvalue weighted by Gasteiger charge is -2.30. The predicted molar refractivity (Wildman–Crippen MR) is 90.3 cm³/mol. The lowest BCUT2D eigenvalue weighted by molar-refractivity contribution is -0.643. The van der Waals surface area contributed by atoms with Crippen molar-refractivity contribution in [3.63, 3.8) is 0 Å². The van der Waals surface area contributed by atoms with E-state index in [-0.39, 0.29) is 5.60 Å². The van der Waals surface area contributed by atoms with Gasteiger partial charge in [0.25, 0.3) is 0 Å². The summed E-state index contributed by atoms with van der Waals surface area (Å²) in [6.07, 6.45) is 16.8. The highest BCUT2D eigenvalue weighted by Crippen LogP contribution is 2.31. The van der Waals surface area contributed by atoms with Crippen LogP contribution in [0.4, 0.5) is 0 Å². The molecule has 0 aromatic carbocycles. The van der Waals surface area contributed by atoms with E-state index in [0.717, 1.165) is 38.5 Å². The van der Waals surface area contributed by atoms with Gasteiger partial charge in [-0.3, -0.25) is 0 Å². The molecule has 0 rings (SSSR count). The van der Waals surface area contributed by atoms with Gasteiger partial charge in [0, 0.05) is 0 Å². The molecule has 0 bridgehead atoms. The first kappa shape index (κ1) is 21.8. The Bertz CT molecular complexity index is 215. The van der Waals surface area contributed by atoms with Gasteiger partial charge in [0.05, 0.1) is 0 Å². The molecule has 4 nitrogen and oxygen atoms in total. The van der Waals surface area contributed by atoms with E-state index >= 15 is 0 Å². The SMILES string of the molecule is CCCCCCCCCCCC(CCC)(CCC)OOOO. The Kier molecular flexibility index (Phi) is 15.6. The normalized spacial score (nSPS) is 12.0. The van der Waals surface area contributed by atoms with Crippen molar-refractivity contribution in [3.05, 3.63) is 0 Å². The van der Waals surface area contributed by atoms with Gasteiger partial charge in [0.2, 0.25) is 0 Å². The third-order valence-electron chi connectivity index (χ3n) is 4.39. The fraction of sp³-hybridized carbons (Fsp3) is 1.00. The van der Waals surface area contributed by atoms with Crippen molar-refractivity contribution in [2.75, 3.05) is 0 Å². The maximum Gasteiger partial charge on any atom is 0.107 e. The summed E-state index contributed by atoms with van der Waals surface area (Å²) in [6, 6.07) is 0. The highest BCUT2D eigenvalue weighted by atomic mass is 17.6. The van der Waals surface area contributed by atoms with Crippen molar-refractivity contribution in [2.45, 2.75) is 116 Å². The van der Waals surface area contributed by atoms with Gasteiger partial charge in [-0.05, 0) is 29.3 Å². The molecule has 0 saturated carbocycles. The number of hydrogen-bond donors (Lipinski definition) is 1. The first-order chi connectivity index (χ1) is 10.7. The molecule has 0 amide bonds. The van der Waals surface area contributed by atoms with Gasteiger partial charge in [-0.15, -0.1) is 0 Å². The van der Waals surface area contributed by atoms with Crippen molar-refractivity contribution in [3.8, 4) is 0 Å². The van der Waals surface area contributed by atoms with E-state index in [1.54, 1.807) is 0 Å². The standard InChI is InChI=1S/C18H38O4/c1-4-7-8-9-10-11-12-13-14-17-18(15-5-2,16-6-3)20-22-21-19/h19H,4-17H2,1-3H3. The van der Waals surface area contributed by atoms with Crippen LogP contribution in [-0.2, 0) is 15.0 Å². The Labute approximate surface area is 137 Å². The van der Waals surface area contributed by atoms with E-state index in [9.17, 15) is 0 Å². The van der Waals surface area contributed by atoms with E-state index < -0.39 is 0 Å². The maximum atomic E-state index is 8.35. The van der Waals surface area contributed by atoms with Crippen LogP contribution in [0, 0.1) is 0 Å². The third-order valence-corrected chi connectivity index (χ3v) is 4.39. The molecule has 0 fully saturated rings. The molecular formula is C18H38O4. The molecule has 1 N–H and O–H groups in total. The Morgan fingerprint density at radius 3 is 1.59 bits per heavy atom. The van der Waals surface area contributed by atoms with Crippen molar-refractivity contribution < 1.29 is 20.2 Å². The zero-order valence-corrected chi connectivity index (χ0v) is 15.1. The van der Waals surface area contributed by atoms with Gasteiger partial charge in [-0.1, -0.05) is 91.4 Å². The molecule has 134 valence electrons. The quantitative estimate of drug-likeness (QED) is 0.186. The van der Waals surface area contributed by atoms with Crippen LogP contribution in [0.2, 0.25) is 0 Å². The van der Waals surface area contributed by atoms with Gasteiger partial charge < -0.3 is 0 Å². The van der Waals surface area contributed by atoms with Gasteiger partial charge in [0.1, 0.15) is 5.60 Å². The molecule has 0 aliphatic heterocycles. The fourth-order valence-electron chi connectivity index (χ4n) is 3.26. The molecule has 0 unspecified atom stereocenters. The van der Waals surface area contributed by atoms with Crippen LogP contribution in [-0.4, -0.2) is 10.9 Å². The fourth-order valence-corrected chi connectivity index (χ4v) is 3.26. The first-order valence-electron chi connectivity index (χ1n) is 9.40. The molecule has 0 atom stereocenters. The Hall–Kier alpha value is -0.160. The van der Waals surface area contributed by atoms with Crippen LogP contribution in [0.15, 0.2) is 0 Å². The zero-order chi connectivity index (χ0) is 16.5. The van der Waals surface area contributed by atoms with Gasteiger partial charge in [-0.25, -0.2) is 5.26 Å². The summed E-state index contributed by atoms with van der Waals surface area (Å²) in [5.74, 6) is 0. The van der Waals surface area contributed by atoms with E-state index in [1.807, 2.05) is 0 Å². The maximum absolute atomic E-state index is 8.35. The first-order valence-corrected chi connectivity index (χ1v) is 9.40. The van der Waals surface area contributed by atoms with Crippen LogP contribution in [0.3, 0.4) is 0 Å². The van der Waals surface area contributed by atoms with Crippen molar-refractivity contribution in [2.24, 2.45) is 0 Å². The van der Waals surface area contributed by atoms with Crippen LogP contribution in [0.5, 0.6) is 0 Å². The summed E-state index contributed by atoms with van der Waals surface area (Å²) >= 11 is 0. The van der Waals surface area contributed by atoms with Crippen LogP contribution in [0.1, 0.15) is 111 Å².